The van der Waals surface area contributed by atoms with Crippen molar-refractivity contribution in [1.29, 1.82) is 0 Å². The van der Waals surface area contributed by atoms with Crippen LogP contribution in [0.15, 0.2) is 47.0 Å². The Morgan fingerprint density at radius 3 is 2.91 bits per heavy atom. The monoisotopic (exact) mass is 300 g/mol. The van der Waals surface area contributed by atoms with Gasteiger partial charge in [0, 0.05) is 5.56 Å². The first-order chi connectivity index (χ1) is 10.7. The standard InChI is InChI=1S/C16H20N4O2/c1-4-6-8-12(3)22-11-14-13(5-2)9-7-10-15(14)20-16(21)17-18-19-20/h4,6-10H,5,11H2,1-3H3,(H,17,19,21)/b6-4?,12-8+. The van der Waals surface area contributed by atoms with E-state index in [2.05, 4.69) is 22.4 Å². The lowest BCUT2D eigenvalue weighted by molar-refractivity contribution is 0.200. The molecular formula is C16H20N4O2. The summed E-state index contributed by atoms with van der Waals surface area (Å²) in [4.78, 5) is 11.8. The van der Waals surface area contributed by atoms with Crippen molar-refractivity contribution < 1.29 is 4.74 Å². The third kappa shape index (κ3) is 3.52. The van der Waals surface area contributed by atoms with Crippen LogP contribution in [-0.4, -0.2) is 20.2 Å². The predicted octanol–water partition coefficient (Wildman–Crippen LogP) is 2.51. The molecule has 6 nitrogen and oxygen atoms in total. The molecule has 0 radical (unpaired) electrons. The number of rotatable bonds is 6. The third-order valence-corrected chi connectivity index (χ3v) is 3.30. The fourth-order valence-electron chi connectivity index (χ4n) is 2.14. The lowest BCUT2D eigenvalue weighted by atomic mass is 10.0. The highest BCUT2D eigenvalue weighted by Gasteiger charge is 2.13. The molecule has 1 N–H and O–H groups in total. The summed E-state index contributed by atoms with van der Waals surface area (Å²) in [6.07, 6.45) is 6.60. The summed E-state index contributed by atoms with van der Waals surface area (Å²) in [7, 11) is 0. The third-order valence-electron chi connectivity index (χ3n) is 3.30. The van der Waals surface area contributed by atoms with Crippen LogP contribution in [0.5, 0.6) is 0 Å². The van der Waals surface area contributed by atoms with Gasteiger partial charge in [0.15, 0.2) is 0 Å². The average Bonchev–Trinajstić information content (AvgIpc) is 2.96. The Kier molecular flexibility index (Phi) is 5.30. The average molecular weight is 300 g/mol. The van der Waals surface area contributed by atoms with Crippen LogP contribution >= 0.6 is 0 Å². The number of tetrazole rings is 1. The maximum absolute atomic E-state index is 11.8. The first-order valence-corrected chi connectivity index (χ1v) is 7.21. The summed E-state index contributed by atoms with van der Waals surface area (Å²) in [6.45, 7) is 6.29. The molecule has 0 spiro atoms. The van der Waals surface area contributed by atoms with Crippen LogP contribution in [0.4, 0.5) is 0 Å². The number of nitrogens with one attached hydrogen (secondary N) is 1. The summed E-state index contributed by atoms with van der Waals surface area (Å²) < 4.78 is 7.04. The van der Waals surface area contributed by atoms with Gasteiger partial charge in [-0.3, -0.25) is 0 Å². The van der Waals surface area contributed by atoms with Crippen molar-refractivity contribution in [2.45, 2.75) is 33.8 Å². The van der Waals surface area contributed by atoms with Gasteiger partial charge in [0.05, 0.1) is 11.4 Å². The number of hydrogen-bond donors (Lipinski definition) is 1. The largest absolute Gasteiger partial charge is 0.493 e. The Morgan fingerprint density at radius 1 is 1.45 bits per heavy atom. The second-order valence-electron chi connectivity index (χ2n) is 4.78. The van der Waals surface area contributed by atoms with Crippen LogP contribution in [0.1, 0.15) is 31.9 Å². The molecule has 2 rings (SSSR count). The number of benzene rings is 1. The van der Waals surface area contributed by atoms with E-state index in [0.29, 0.717) is 12.3 Å². The van der Waals surface area contributed by atoms with E-state index in [1.54, 1.807) is 0 Å². The molecule has 22 heavy (non-hydrogen) atoms. The van der Waals surface area contributed by atoms with Crippen LogP contribution in [0.2, 0.25) is 0 Å². The lowest BCUT2D eigenvalue weighted by Crippen LogP contribution is -2.18. The minimum absolute atomic E-state index is 0.365. The SMILES string of the molecule is CC=C/C=C(\C)OCc1c(CC)cccc1-n1nn[nH]c1=O. The Balaban J connectivity index is 2.36. The number of aromatic amines is 1. The molecule has 0 saturated carbocycles. The molecule has 1 aromatic heterocycles. The Hall–Kier alpha value is -2.63. The van der Waals surface area contributed by atoms with Crippen molar-refractivity contribution in [2.24, 2.45) is 0 Å². The molecule has 1 heterocycles. The highest BCUT2D eigenvalue weighted by molar-refractivity contribution is 5.45. The zero-order valence-electron chi connectivity index (χ0n) is 13.0. The zero-order chi connectivity index (χ0) is 15.9. The number of ether oxygens (including phenoxy) is 1. The summed E-state index contributed by atoms with van der Waals surface area (Å²) in [5, 5.41) is 9.67. The maximum Gasteiger partial charge on any atom is 0.365 e. The van der Waals surface area contributed by atoms with Gasteiger partial charge in [-0.2, -0.15) is 4.68 Å². The molecule has 0 saturated heterocycles. The fourth-order valence-corrected chi connectivity index (χ4v) is 2.14. The lowest BCUT2D eigenvalue weighted by Gasteiger charge is -2.14. The van der Waals surface area contributed by atoms with Gasteiger partial charge in [-0.1, -0.05) is 31.2 Å². The Morgan fingerprint density at radius 2 is 2.27 bits per heavy atom. The summed E-state index contributed by atoms with van der Waals surface area (Å²) in [5.74, 6) is 0.808. The van der Waals surface area contributed by atoms with E-state index >= 15 is 0 Å². The van der Waals surface area contributed by atoms with Gasteiger partial charge in [-0.25, -0.2) is 9.89 Å². The van der Waals surface area contributed by atoms with Crippen LogP contribution in [0, 0.1) is 0 Å². The zero-order valence-corrected chi connectivity index (χ0v) is 13.0. The molecule has 116 valence electrons. The van der Waals surface area contributed by atoms with Crippen LogP contribution < -0.4 is 5.69 Å². The summed E-state index contributed by atoms with van der Waals surface area (Å²) in [5.41, 5.74) is 2.38. The number of H-pyrrole nitrogens is 1. The van der Waals surface area contributed by atoms with Crippen molar-refractivity contribution in [3.05, 3.63) is 63.8 Å². The first kappa shape index (κ1) is 15.8. The van der Waals surface area contributed by atoms with Crippen LogP contribution in [0.3, 0.4) is 0 Å². The van der Waals surface area contributed by atoms with Gasteiger partial charge in [0.2, 0.25) is 0 Å². The second-order valence-corrected chi connectivity index (χ2v) is 4.78. The maximum atomic E-state index is 11.8. The molecule has 2 aromatic rings. The number of nitrogens with zero attached hydrogens (tertiary/aromatic N) is 3. The van der Waals surface area contributed by atoms with E-state index in [1.807, 2.05) is 50.3 Å². The second kappa shape index (κ2) is 7.40. The molecule has 0 aliphatic rings. The van der Waals surface area contributed by atoms with Crippen molar-refractivity contribution in [3.63, 3.8) is 0 Å². The van der Waals surface area contributed by atoms with Gasteiger partial charge in [0.1, 0.15) is 6.61 Å². The van der Waals surface area contributed by atoms with Crippen molar-refractivity contribution in [1.82, 2.24) is 20.2 Å². The molecule has 0 bridgehead atoms. The molecule has 0 amide bonds. The van der Waals surface area contributed by atoms with Gasteiger partial charge in [-0.15, -0.1) is 0 Å². The number of aryl methyl sites for hydroxylation is 1. The van der Waals surface area contributed by atoms with E-state index in [1.165, 1.54) is 4.68 Å². The van der Waals surface area contributed by atoms with Gasteiger partial charge >= 0.3 is 5.69 Å². The molecular weight excluding hydrogens is 280 g/mol. The summed E-state index contributed by atoms with van der Waals surface area (Å²) in [6, 6.07) is 5.77. The molecule has 0 aliphatic carbocycles. The highest BCUT2D eigenvalue weighted by atomic mass is 16.5. The topological polar surface area (TPSA) is 72.8 Å². The van der Waals surface area contributed by atoms with Crippen molar-refractivity contribution in [3.8, 4) is 5.69 Å². The minimum Gasteiger partial charge on any atom is -0.493 e. The number of aromatic nitrogens is 4. The fraction of sp³-hybridized carbons (Fsp3) is 0.312. The van der Waals surface area contributed by atoms with Gasteiger partial charge in [0.25, 0.3) is 0 Å². The Bertz CT molecular complexity index is 741. The van der Waals surface area contributed by atoms with Crippen LogP contribution in [-0.2, 0) is 17.8 Å². The normalized spacial score (nSPS) is 12.0. The van der Waals surface area contributed by atoms with Crippen LogP contribution in [0.25, 0.3) is 5.69 Å². The first-order valence-electron chi connectivity index (χ1n) is 7.21. The van der Waals surface area contributed by atoms with E-state index in [4.69, 9.17) is 4.74 Å². The molecule has 6 heteroatoms. The van der Waals surface area contributed by atoms with E-state index in [0.717, 1.165) is 23.3 Å². The van der Waals surface area contributed by atoms with Gasteiger partial charge < -0.3 is 4.74 Å². The quantitative estimate of drug-likeness (QED) is 0.657. The molecule has 0 atom stereocenters. The summed E-state index contributed by atoms with van der Waals surface area (Å²) >= 11 is 0. The Labute approximate surface area is 129 Å². The predicted molar refractivity (Wildman–Crippen MR) is 84.7 cm³/mol. The van der Waals surface area contributed by atoms with Gasteiger partial charge in [-0.05, 0) is 48.4 Å². The molecule has 0 aliphatic heterocycles. The minimum atomic E-state index is -0.365. The highest BCUT2D eigenvalue weighted by Crippen LogP contribution is 2.20. The molecule has 0 unspecified atom stereocenters. The molecule has 1 aromatic carbocycles. The number of allylic oxidation sites excluding steroid dienone is 4. The van der Waals surface area contributed by atoms with Crippen molar-refractivity contribution >= 4 is 0 Å². The van der Waals surface area contributed by atoms with E-state index < -0.39 is 0 Å². The van der Waals surface area contributed by atoms with E-state index in [-0.39, 0.29) is 5.69 Å². The van der Waals surface area contributed by atoms with E-state index in [9.17, 15) is 4.79 Å². The number of hydrogen-bond acceptors (Lipinski definition) is 4. The smallest absolute Gasteiger partial charge is 0.365 e. The molecule has 0 fully saturated rings. The van der Waals surface area contributed by atoms with Crippen molar-refractivity contribution in [2.75, 3.05) is 0 Å².